The molecule has 56 heavy (non-hydrogen) atoms. The lowest BCUT2D eigenvalue weighted by Gasteiger charge is -2.14. The predicted molar refractivity (Wildman–Crippen MR) is 234 cm³/mol. The minimum absolute atomic E-state index is 0.00231. The van der Waals surface area contributed by atoms with Crippen LogP contribution in [0.15, 0.2) is 194 Å². The summed E-state index contributed by atoms with van der Waals surface area (Å²) in [5, 5.41) is 2.58. The van der Waals surface area contributed by atoms with Gasteiger partial charge in [0.05, 0.1) is 19.3 Å². The average molecular weight is 739 g/mol. The maximum atomic E-state index is 9.13. The Morgan fingerprint density at radius 3 is 1.48 bits per heavy atom. The largest absolute Gasteiger partial charge is 0.309 e. The third-order valence-electron chi connectivity index (χ3n) is 10.2. The molecule has 11 aromatic rings. The second kappa shape index (κ2) is 13.3. The van der Waals surface area contributed by atoms with Crippen LogP contribution in [0.5, 0.6) is 0 Å². The summed E-state index contributed by atoms with van der Waals surface area (Å²) in [4.78, 5) is 15.1. The summed E-state index contributed by atoms with van der Waals surface area (Å²) < 4.78 is 57.1. The first-order valence-electron chi connectivity index (χ1n) is 21.3. The van der Waals surface area contributed by atoms with Gasteiger partial charge in [0, 0.05) is 53.3 Å². The Morgan fingerprint density at radius 1 is 0.393 bits per heavy atom. The van der Waals surface area contributed by atoms with Gasteiger partial charge in [-0.2, -0.15) is 0 Å². The van der Waals surface area contributed by atoms with Crippen molar-refractivity contribution < 1.29 is 8.22 Å². The third-order valence-corrected chi connectivity index (χ3v) is 11.5. The van der Waals surface area contributed by atoms with Crippen molar-refractivity contribution >= 4 is 53.3 Å². The zero-order valence-corrected chi connectivity index (χ0v) is 30.5. The maximum Gasteiger partial charge on any atom is 0.165 e. The van der Waals surface area contributed by atoms with Crippen molar-refractivity contribution in [2.24, 2.45) is 0 Å². The molecule has 0 saturated carbocycles. The molecule has 4 nitrogen and oxygen atoms in total. The van der Waals surface area contributed by atoms with E-state index in [-0.39, 0.29) is 47.0 Å². The average Bonchev–Trinajstić information content (AvgIpc) is 3.89. The van der Waals surface area contributed by atoms with E-state index in [1.807, 2.05) is 109 Å². The van der Waals surface area contributed by atoms with Gasteiger partial charge in [0.25, 0.3) is 0 Å². The summed E-state index contributed by atoms with van der Waals surface area (Å²) in [5.41, 5.74) is 7.65. The van der Waals surface area contributed by atoms with E-state index in [4.69, 9.17) is 23.2 Å². The number of aromatic nitrogens is 4. The first kappa shape index (κ1) is 26.5. The quantitative estimate of drug-likeness (QED) is 0.171. The Morgan fingerprint density at radius 2 is 0.893 bits per heavy atom. The molecule has 8 aromatic carbocycles. The standard InChI is InChI=1S/C51H32N4S/c1-4-16-33(17-5-1)36-30-37(32-38(31-36)55-45-28-12-10-22-40(45)41-23-11-13-29-46(41)55)39-24-14-25-42-43-26-15-27-44(48(43)56-47(39)42)51-53-49(34-18-6-2-7-19-34)52-50(54-51)35-20-8-3-9-21-35/h1-32H/i10D,11D,22D,23D,28D,29D. The van der Waals surface area contributed by atoms with Crippen molar-refractivity contribution in [2.45, 2.75) is 0 Å². The highest BCUT2D eigenvalue weighted by molar-refractivity contribution is 7.26. The van der Waals surface area contributed by atoms with Crippen molar-refractivity contribution in [2.75, 3.05) is 0 Å². The van der Waals surface area contributed by atoms with E-state index in [0.717, 1.165) is 59.1 Å². The molecule has 0 bridgehead atoms. The number of hydrogen-bond donors (Lipinski definition) is 0. The first-order valence-corrected chi connectivity index (χ1v) is 19.1. The molecule has 0 spiro atoms. The molecule has 0 aliphatic rings. The molecular weight excluding hydrogens is 701 g/mol. The van der Waals surface area contributed by atoms with Crippen molar-refractivity contribution in [1.82, 2.24) is 19.5 Å². The monoisotopic (exact) mass is 738 g/mol. The Hall–Kier alpha value is -7.21. The highest BCUT2D eigenvalue weighted by Gasteiger charge is 2.20. The molecular formula is C51H32N4S. The van der Waals surface area contributed by atoms with E-state index >= 15 is 0 Å². The second-order valence-corrected chi connectivity index (χ2v) is 14.6. The van der Waals surface area contributed by atoms with E-state index in [1.54, 1.807) is 15.9 Å². The van der Waals surface area contributed by atoms with Gasteiger partial charge >= 0.3 is 0 Å². The summed E-state index contributed by atoms with van der Waals surface area (Å²) in [6, 6.07) is 50.7. The number of benzene rings is 8. The van der Waals surface area contributed by atoms with Crippen LogP contribution in [0, 0.1) is 0 Å². The van der Waals surface area contributed by atoms with E-state index in [2.05, 4.69) is 36.4 Å². The smallest absolute Gasteiger partial charge is 0.165 e. The zero-order chi connectivity index (χ0) is 42.2. The number of fused-ring (bicyclic) bond motifs is 6. The van der Waals surface area contributed by atoms with Crippen LogP contribution in [-0.2, 0) is 0 Å². The van der Waals surface area contributed by atoms with Crippen LogP contribution in [0.4, 0.5) is 0 Å². The number of hydrogen-bond acceptors (Lipinski definition) is 4. The molecule has 0 radical (unpaired) electrons. The van der Waals surface area contributed by atoms with Crippen molar-refractivity contribution in [3.05, 3.63) is 194 Å². The van der Waals surface area contributed by atoms with Crippen molar-refractivity contribution in [3.8, 4) is 62.1 Å². The molecule has 0 aliphatic carbocycles. The normalized spacial score (nSPS) is 13.1. The minimum Gasteiger partial charge on any atom is -0.309 e. The van der Waals surface area contributed by atoms with Crippen LogP contribution in [0.2, 0.25) is 0 Å². The summed E-state index contributed by atoms with van der Waals surface area (Å²) in [5.74, 6) is 1.74. The number of nitrogens with zero attached hydrogens (tertiary/aromatic N) is 4. The highest BCUT2D eigenvalue weighted by atomic mass is 32.1. The minimum atomic E-state index is -0.151. The highest BCUT2D eigenvalue weighted by Crippen LogP contribution is 2.45. The van der Waals surface area contributed by atoms with Crippen LogP contribution in [0.25, 0.3) is 104 Å². The van der Waals surface area contributed by atoms with E-state index < -0.39 is 0 Å². The van der Waals surface area contributed by atoms with Gasteiger partial charge in [0.2, 0.25) is 0 Å². The van der Waals surface area contributed by atoms with E-state index in [0.29, 0.717) is 34.2 Å². The number of thiophene rings is 1. The van der Waals surface area contributed by atoms with Crippen LogP contribution >= 0.6 is 11.3 Å². The SMILES string of the molecule is [2H]c1cc([2H])c2c(c1[2H])c1c([2H])c([2H])cc([2H])c1n2-c1cc(-c2ccccc2)cc(-c2cccc3c2sc2c(-c4nc(-c5ccccc5)nc(-c5ccccc5)n4)cccc23)c1. The molecule has 3 heterocycles. The molecule has 0 fully saturated rings. The molecule has 0 amide bonds. The summed E-state index contributed by atoms with van der Waals surface area (Å²) in [6.07, 6.45) is 0. The van der Waals surface area contributed by atoms with Crippen LogP contribution in [0.1, 0.15) is 8.22 Å². The molecule has 3 aromatic heterocycles. The van der Waals surface area contributed by atoms with Gasteiger partial charge in [-0.3, -0.25) is 0 Å². The predicted octanol–water partition coefficient (Wildman–Crippen LogP) is 13.7. The molecule has 11 rings (SSSR count). The van der Waals surface area contributed by atoms with E-state index in [1.165, 1.54) is 12.1 Å². The van der Waals surface area contributed by atoms with Gasteiger partial charge < -0.3 is 4.57 Å². The van der Waals surface area contributed by atoms with E-state index in [9.17, 15) is 0 Å². The van der Waals surface area contributed by atoms with Gasteiger partial charge in [0.1, 0.15) is 0 Å². The third kappa shape index (κ3) is 5.40. The fourth-order valence-electron chi connectivity index (χ4n) is 7.62. The zero-order valence-electron chi connectivity index (χ0n) is 35.7. The number of para-hydroxylation sites is 2. The Balaban J connectivity index is 1.17. The fourth-order valence-corrected chi connectivity index (χ4v) is 8.96. The summed E-state index contributed by atoms with van der Waals surface area (Å²) in [7, 11) is 0. The molecule has 0 saturated heterocycles. The lowest BCUT2D eigenvalue weighted by atomic mass is 9.96. The van der Waals surface area contributed by atoms with Gasteiger partial charge in [-0.1, -0.05) is 158 Å². The molecule has 0 atom stereocenters. The lowest BCUT2D eigenvalue weighted by Crippen LogP contribution is -2.00. The van der Waals surface area contributed by atoms with Crippen LogP contribution < -0.4 is 0 Å². The maximum absolute atomic E-state index is 9.13. The Kier molecular flexibility index (Phi) is 6.29. The fraction of sp³-hybridized carbons (Fsp3) is 0. The second-order valence-electron chi connectivity index (χ2n) is 13.5. The topological polar surface area (TPSA) is 43.6 Å². The Bertz CT molecular complexity index is 3460. The van der Waals surface area contributed by atoms with Gasteiger partial charge in [0.15, 0.2) is 17.5 Å². The number of rotatable bonds is 6. The van der Waals surface area contributed by atoms with Crippen LogP contribution in [0.3, 0.4) is 0 Å². The molecule has 0 N–H and O–H groups in total. The summed E-state index contributed by atoms with van der Waals surface area (Å²) in [6.45, 7) is 0. The molecule has 5 heteroatoms. The van der Waals surface area contributed by atoms with Crippen molar-refractivity contribution in [3.63, 3.8) is 0 Å². The lowest BCUT2D eigenvalue weighted by molar-refractivity contribution is 1.08. The van der Waals surface area contributed by atoms with Crippen LogP contribution in [-0.4, -0.2) is 19.5 Å². The Labute approximate surface area is 336 Å². The first-order chi connectivity index (χ1) is 30.2. The molecule has 0 aliphatic heterocycles. The summed E-state index contributed by atoms with van der Waals surface area (Å²) >= 11 is 1.67. The van der Waals surface area contributed by atoms with Gasteiger partial charge in [-0.25, -0.2) is 15.0 Å². The van der Waals surface area contributed by atoms with Crippen molar-refractivity contribution in [1.29, 1.82) is 0 Å². The van der Waals surface area contributed by atoms with Gasteiger partial charge in [-0.15, -0.1) is 11.3 Å². The molecule has 0 unspecified atom stereocenters. The molecule has 262 valence electrons. The van der Waals surface area contributed by atoms with Gasteiger partial charge in [-0.05, 0) is 58.6 Å².